The molecule has 2 aromatic carbocycles. The second-order valence-electron chi connectivity index (χ2n) is 14.5. The van der Waals surface area contributed by atoms with E-state index in [9.17, 15) is 53.3 Å². The van der Waals surface area contributed by atoms with Crippen molar-refractivity contribution in [2.24, 2.45) is 23.7 Å². The molecule has 2 aromatic rings. The normalized spacial score (nSPS) is 32.8. The van der Waals surface area contributed by atoms with E-state index >= 15 is 0 Å². The van der Waals surface area contributed by atoms with Gasteiger partial charge in [0.25, 0.3) is 0 Å². The Bertz CT molecular complexity index is 1290. The minimum atomic E-state index is -1.24. The summed E-state index contributed by atoms with van der Waals surface area (Å²) in [6, 6.07) is 8.98. The maximum absolute atomic E-state index is 14.2. The van der Waals surface area contributed by atoms with Gasteiger partial charge in [-0.05, 0) is 54.2 Å². The van der Waals surface area contributed by atoms with Gasteiger partial charge in [0.2, 0.25) is 0 Å². The molecule has 0 bridgehead atoms. The molecule has 1 saturated carbocycles. The molecule has 10 nitrogen and oxygen atoms in total. The van der Waals surface area contributed by atoms with E-state index in [0.29, 0.717) is 51.0 Å². The van der Waals surface area contributed by atoms with Crippen molar-refractivity contribution >= 4 is 0 Å². The van der Waals surface area contributed by atoms with Gasteiger partial charge in [-0.1, -0.05) is 44.2 Å². The molecule has 0 amide bonds. The number of aliphatic hydroxyl groups is 7. The Balaban J connectivity index is 0.000000172. The van der Waals surface area contributed by atoms with Gasteiger partial charge in [-0.3, -0.25) is 0 Å². The zero-order valence-electron chi connectivity index (χ0n) is 28.8. The van der Waals surface area contributed by atoms with Crippen molar-refractivity contribution in [2.45, 2.75) is 93.8 Å². The molecule has 10 N–H and O–H groups in total. The van der Waals surface area contributed by atoms with Gasteiger partial charge in [-0.25, -0.2) is 17.6 Å². The molecule has 0 aromatic heterocycles. The summed E-state index contributed by atoms with van der Waals surface area (Å²) in [5.41, 5.74) is 1.02. The molecule has 3 saturated heterocycles. The molecule has 4 fully saturated rings. The highest BCUT2D eigenvalue weighted by molar-refractivity contribution is 5.21. The Morgan fingerprint density at radius 2 is 1.12 bits per heavy atom. The lowest BCUT2D eigenvalue weighted by Crippen LogP contribution is -2.53. The summed E-state index contributed by atoms with van der Waals surface area (Å²) < 4.78 is 53.0. The molecule has 51 heavy (non-hydrogen) atoms. The summed E-state index contributed by atoms with van der Waals surface area (Å²) in [5, 5.41) is 76.8. The highest BCUT2D eigenvalue weighted by atomic mass is 19.1. The van der Waals surface area contributed by atoms with E-state index in [1.807, 2.05) is 0 Å². The van der Waals surface area contributed by atoms with Crippen molar-refractivity contribution in [3.8, 4) is 0 Å². The quantitative estimate of drug-likeness (QED) is 0.188. The number of nitrogens with one attached hydrogen (secondary N) is 3. The highest BCUT2D eigenvalue weighted by Gasteiger charge is 2.38. The van der Waals surface area contributed by atoms with Gasteiger partial charge in [0.1, 0.15) is 23.6 Å². The van der Waals surface area contributed by atoms with Crippen molar-refractivity contribution < 1.29 is 53.3 Å². The van der Waals surface area contributed by atoms with Crippen LogP contribution in [0.15, 0.2) is 42.5 Å². The lowest BCUT2D eigenvalue weighted by molar-refractivity contribution is -0.0749. The molecular weight excluding hydrogens is 674 g/mol. The van der Waals surface area contributed by atoms with Crippen LogP contribution in [0.2, 0.25) is 0 Å². The largest absolute Gasteiger partial charge is 0.390 e. The third kappa shape index (κ3) is 12.4. The molecule has 14 heteroatoms. The van der Waals surface area contributed by atoms with Crippen molar-refractivity contribution in [3.05, 3.63) is 71.0 Å². The Kier molecular flexibility index (Phi) is 16.5. The van der Waals surface area contributed by atoms with Gasteiger partial charge in [-0.2, -0.15) is 0 Å². The summed E-state index contributed by atoms with van der Waals surface area (Å²) >= 11 is 0. The SMILES string of the molecule is OC(c1cc(F)cc(F)c1)[C@H]1CNC[C@@H](O)[C@@H]1O.O[C@@H]1[C@@H](Cc2ccc(F)cc2)CNC[C@H]1O.O[C@H]1[C@H](O)CNC[C@@H]1C(F)CC1CCCCC1. The Hall–Kier alpha value is -2.24. The predicted octanol–water partition coefficient (Wildman–Crippen LogP) is 1.48. The van der Waals surface area contributed by atoms with Crippen molar-refractivity contribution in [3.63, 3.8) is 0 Å². The second kappa shape index (κ2) is 20.3. The van der Waals surface area contributed by atoms with Crippen LogP contribution in [0.5, 0.6) is 0 Å². The molecule has 3 heterocycles. The predicted molar refractivity (Wildman–Crippen MR) is 183 cm³/mol. The number of aliphatic hydroxyl groups excluding tert-OH is 7. The van der Waals surface area contributed by atoms with E-state index in [0.717, 1.165) is 30.5 Å². The summed E-state index contributed by atoms with van der Waals surface area (Å²) in [4.78, 5) is 0. The number of piperidine rings is 3. The van der Waals surface area contributed by atoms with Gasteiger partial charge in [-0.15, -0.1) is 0 Å². The van der Waals surface area contributed by atoms with Gasteiger partial charge in [0.05, 0.1) is 42.7 Å². The topological polar surface area (TPSA) is 178 Å². The van der Waals surface area contributed by atoms with Crippen LogP contribution in [0, 0.1) is 41.1 Å². The lowest BCUT2D eigenvalue weighted by atomic mass is 9.80. The van der Waals surface area contributed by atoms with Crippen molar-refractivity contribution in [2.75, 3.05) is 39.3 Å². The van der Waals surface area contributed by atoms with Gasteiger partial charge < -0.3 is 51.7 Å². The first-order valence-electron chi connectivity index (χ1n) is 18.1. The molecule has 0 radical (unpaired) electrons. The van der Waals surface area contributed by atoms with Gasteiger partial charge in [0.15, 0.2) is 0 Å². The molecule has 288 valence electrons. The fraction of sp³-hybridized carbons (Fsp3) is 0.676. The van der Waals surface area contributed by atoms with Crippen LogP contribution in [0.1, 0.15) is 55.8 Å². The number of hydrogen-bond donors (Lipinski definition) is 10. The first-order chi connectivity index (χ1) is 24.3. The van der Waals surface area contributed by atoms with Crippen LogP contribution in [-0.4, -0.2) is 118 Å². The molecule has 0 spiro atoms. The zero-order chi connectivity index (χ0) is 37.1. The van der Waals surface area contributed by atoms with Crippen LogP contribution in [0.3, 0.4) is 0 Å². The number of halogens is 4. The second-order valence-corrected chi connectivity index (χ2v) is 14.5. The minimum Gasteiger partial charge on any atom is -0.390 e. The van der Waals surface area contributed by atoms with Crippen LogP contribution in [-0.2, 0) is 6.42 Å². The van der Waals surface area contributed by atoms with Crippen LogP contribution < -0.4 is 16.0 Å². The van der Waals surface area contributed by atoms with E-state index < -0.39 is 72.4 Å². The number of benzene rings is 2. The smallest absolute Gasteiger partial charge is 0.126 e. The summed E-state index contributed by atoms with van der Waals surface area (Å²) in [7, 11) is 0. The lowest BCUT2D eigenvalue weighted by Gasteiger charge is -2.36. The third-order valence-electron chi connectivity index (χ3n) is 10.6. The summed E-state index contributed by atoms with van der Waals surface area (Å²) in [6.45, 7) is 2.44. The van der Waals surface area contributed by atoms with E-state index in [1.54, 1.807) is 12.1 Å². The fourth-order valence-electron chi connectivity index (χ4n) is 7.49. The highest BCUT2D eigenvalue weighted by Crippen LogP contribution is 2.32. The summed E-state index contributed by atoms with van der Waals surface area (Å²) in [6.07, 6.45) is -0.358. The molecule has 1 aliphatic carbocycles. The van der Waals surface area contributed by atoms with Gasteiger partial charge >= 0.3 is 0 Å². The number of rotatable bonds is 7. The minimum absolute atomic E-state index is 0.0192. The molecule has 3 aliphatic heterocycles. The first-order valence-corrected chi connectivity index (χ1v) is 18.1. The first kappa shape index (κ1) is 41.5. The molecule has 2 unspecified atom stereocenters. The van der Waals surface area contributed by atoms with Crippen molar-refractivity contribution in [1.82, 2.24) is 16.0 Å². The average Bonchev–Trinajstić information content (AvgIpc) is 3.10. The van der Waals surface area contributed by atoms with Gasteiger partial charge in [0, 0.05) is 63.1 Å². The van der Waals surface area contributed by atoms with Crippen molar-refractivity contribution in [1.29, 1.82) is 0 Å². The molecule has 11 atom stereocenters. The fourth-order valence-corrected chi connectivity index (χ4v) is 7.49. The van der Waals surface area contributed by atoms with Crippen LogP contribution in [0.4, 0.5) is 17.6 Å². The van der Waals surface area contributed by atoms with E-state index in [1.165, 1.54) is 31.4 Å². The number of β-amino-alcohol motifs (C(OH)–C–C–N with tert-alkyl or cyclic N) is 3. The third-order valence-corrected chi connectivity index (χ3v) is 10.6. The zero-order valence-corrected chi connectivity index (χ0v) is 28.8. The maximum atomic E-state index is 14.2. The maximum Gasteiger partial charge on any atom is 0.126 e. The van der Waals surface area contributed by atoms with Crippen LogP contribution >= 0.6 is 0 Å². The van der Waals surface area contributed by atoms with Crippen LogP contribution in [0.25, 0.3) is 0 Å². The van der Waals surface area contributed by atoms with E-state index in [-0.39, 0.29) is 30.4 Å². The Morgan fingerprint density at radius 3 is 1.71 bits per heavy atom. The number of alkyl halides is 1. The molecular formula is C37H55F4N3O7. The monoisotopic (exact) mass is 729 g/mol. The number of hydrogen-bond acceptors (Lipinski definition) is 10. The Labute approximate surface area is 296 Å². The molecule has 4 aliphatic rings. The Morgan fingerprint density at radius 1 is 0.608 bits per heavy atom. The molecule has 6 rings (SSSR count). The average molecular weight is 730 g/mol. The summed E-state index contributed by atoms with van der Waals surface area (Å²) in [5.74, 6) is -2.54. The van der Waals surface area contributed by atoms with E-state index in [4.69, 9.17) is 0 Å². The van der Waals surface area contributed by atoms with E-state index in [2.05, 4.69) is 16.0 Å². The standard InChI is InChI=1S/C13H24FNO2.C12H15F2NO3.C12H16FNO2/c14-11(6-9-4-2-1-3-5-9)10-7-15-8-12(16)13(10)17;13-7-1-6(2-8(14)3-7)11(17)9-4-15-5-10(16)12(9)18;13-10-3-1-8(2-4-10)5-9-6-14-7-11(15)12(9)16/h9-13,15-17H,1-8H2;1-3,9-12,15-18H,4-5H2;1-4,9,11-12,14-16H,5-7H2/t10-,11?,12-,13-;9-,10-,11?,12-;9-,11+,12+/m110/s1.